The van der Waals surface area contributed by atoms with Crippen LogP contribution >= 0.6 is 0 Å². The van der Waals surface area contributed by atoms with Crippen molar-refractivity contribution >= 4 is 17.4 Å². The molecular weight excluding hydrogens is 262 g/mol. The molecule has 4 N–H and O–H groups in total. The summed E-state index contributed by atoms with van der Waals surface area (Å²) in [6.07, 6.45) is 0. The number of nitrogens with two attached hydrogens (primary N) is 1. The number of rotatable bonds is 5. The number of hydrogen-bond donors (Lipinski definition) is 3. The van der Waals surface area contributed by atoms with Crippen molar-refractivity contribution in [2.24, 2.45) is 16.3 Å². The Balaban J connectivity index is 3.02. The minimum Gasteiger partial charge on any atom is -0.497 e. The summed E-state index contributed by atoms with van der Waals surface area (Å²) in [4.78, 5) is 12.2. The highest BCUT2D eigenvalue weighted by atomic mass is 16.5. The zero-order chi connectivity index (χ0) is 15.3. The van der Waals surface area contributed by atoms with Gasteiger partial charge in [-0.25, -0.2) is 0 Å². The van der Waals surface area contributed by atoms with Gasteiger partial charge in [0.1, 0.15) is 16.9 Å². The maximum absolute atomic E-state index is 12.2. The zero-order valence-corrected chi connectivity index (χ0v) is 11.9. The van der Waals surface area contributed by atoms with Crippen molar-refractivity contribution in [3.05, 3.63) is 18.2 Å². The second-order valence-electron chi connectivity index (χ2n) is 4.63. The quantitative estimate of drug-likeness (QED) is 0.327. The number of carbonyl (C=O) groups excluding carboxylic acids is 1. The Kier molecular flexibility index (Phi) is 4.79. The number of amidine groups is 1. The Morgan fingerprint density at radius 3 is 2.50 bits per heavy atom. The zero-order valence-electron chi connectivity index (χ0n) is 11.9. The summed E-state index contributed by atoms with van der Waals surface area (Å²) in [5, 5.41) is 14.2. The SMILES string of the molecule is COc1ccc(NC(=O)C(C)(C)C(N)=NO)c(OC)c1. The molecule has 0 saturated heterocycles. The molecule has 0 unspecified atom stereocenters. The molecule has 7 nitrogen and oxygen atoms in total. The molecule has 1 aromatic rings. The van der Waals surface area contributed by atoms with Crippen LogP contribution in [0.5, 0.6) is 11.5 Å². The van der Waals surface area contributed by atoms with Crippen molar-refractivity contribution in [2.75, 3.05) is 19.5 Å². The fraction of sp³-hybridized carbons (Fsp3) is 0.385. The molecule has 0 aliphatic heterocycles. The molecule has 0 spiro atoms. The van der Waals surface area contributed by atoms with Crippen LogP contribution in [0.15, 0.2) is 23.4 Å². The van der Waals surface area contributed by atoms with E-state index in [0.717, 1.165) is 0 Å². The molecule has 1 amide bonds. The van der Waals surface area contributed by atoms with Gasteiger partial charge in [0.15, 0.2) is 5.84 Å². The van der Waals surface area contributed by atoms with Gasteiger partial charge in [0.2, 0.25) is 5.91 Å². The number of oxime groups is 1. The fourth-order valence-corrected chi connectivity index (χ4v) is 1.42. The number of methoxy groups -OCH3 is 2. The highest BCUT2D eigenvalue weighted by Crippen LogP contribution is 2.30. The molecule has 110 valence electrons. The van der Waals surface area contributed by atoms with Crippen LogP contribution in [-0.4, -0.2) is 31.2 Å². The number of benzene rings is 1. The Hall–Kier alpha value is -2.44. The van der Waals surface area contributed by atoms with Gasteiger partial charge in [0.05, 0.1) is 19.9 Å². The van der Waals surface area contributed by atoms with E-state index < -0.39 is 11.3 Å². The molecule has 1 aromatic carbocycles. The number of carbonyl (C=O) groups is 1. The second kappa shape index (κ2) is 6.14. The van der Waals surface area contributed by atoms with Crippen LogP contribution in [0.2, 0.25) is 0 Å². The van der Waals surface area contributed by atoms with E-state index in [1.165, 1.54) is 14.2 Å². The summed E-state index contributed by atoms with van der Waals surface area (Å²) in [5.41, 5.74) is 4.83. The second-order valence-corrected chi connectivity index (χ2v) is 4.63. The molecule has 1 rings (SSSR count). The standard InChI is InChI=1S/C13H19N3O4/c1-13(2,11(14)16-18)12(17)15-9-6-5-8(19-3)7-10(9)20-4/h5-7,18H,1-4H3,(H2,14,16)(H,15,17). The first-order chi connectivity index (χ1) is 9.36. The molecule has 0 aliphatic carbocycles. The number of anilines is 1. The lowest BCUT2D eigenvalue weighted by Gasteiger charge is -2.22. The predicted octanol–water partition coefficient (Wildman–Crippen LogP) is 1.41. The van der Waals surface area contributed by atoms with Crippen molar-refractivity contribution in [3.8, 4) is 11.5 Å². The predicted molar refractivity (Wildman–Crippen MR) is 75.4 cm³/mol. The highest BCUT2D eigenvalue weighted by molar-refractivity contribution is 6.11. The maximum Gasteiger partial charge on any atom is 0.237 e. The summed E-state index contributed by atoms with van der Waals surface area (Å²) in [6.45, 7) is 3.10. The van der Waals surface area contributed by atoms with Crippen molar-refractivity contribution in [2.45, 2.75) is 13.8 Å². The largest absolute Gasteiger partial charge is 0.497 e. The lowest BCUT2D eigenvalue weighted by molar-refractivity contribution is -0.121. The van der Waals surface area contributed by atoms with E-state index >= 15 is 0 Å². The fourth-order valence-electron chi connectivity index (χ4n) is 1.42. The van der Waals surface area contributed by atoms with Crippen LogP contribution in [-0.2, 0) is 4.79 Å². The molecule has 0 bridgehead atoms. The number of ether oxygens (including phenoxy) is 2. The molecule has 7 heteroatoms. The molecule has 0 saturated carbocycles. The number of nitrogens with one attached hydrogen (secondary N) is 1. The van der Waals surface area contributed by atoms with Gasteiger partial charge >= 0.3 is 0 Å². The first-order valence-corrected chi connectivity index (χ1v) is 5.88. The summed E-state index contributed by atoms with van der Waals surface area (Å²) in [6, 6.07) is 4.98. The Morgan fingerprint density at radius 2 is 2.00 bits per heavy atom. The summed E-state index contributed by atoms with van der Waals surface area (Å²) < 4.78 is 10.3. The summed E-state index contributed by atoms with van der Waals surface area (Å²) >= 11 is 0. The minimum atomic E-state index is -1.15. The molecular formula is C13H19N3O4. The molecule has 0 heterocycles. The molecule has 0 aromatic heterocycles. The third-order valence-electron chi connectivity index (χ3n) is 2.97. The van der Waals surface area contributed by atoms with Crippen molar-refractivity contribution in [1.82, 2.24) is 0 Å². The first kappa shape index (κ1) is 15.6. The van der Waals surface area contributed by atoms with Crippen LogP contribution in [0.1, 0.15) is 13.8 Å². The van der Waals surface area contributed by atoms with Gasteiger partial charge < -0.3 is 25.7 Å². The normalized spacial score (nSPS) is 11.9. The third-order valence-corrected chi connectivity index (χ3v) is 2.97. The third kappa shape index (κ3) is 3.11. The molecule has 0 aliphatic rings. The number of amides is 1. The Morgan fingerprint density at radius 1 is 1.35 bits per heavy atom. The molecule has 0 fully saturated rings. The number of hydrogen-bond acceptors (Lipinski definition) is 5. The Labute approximate surface area is 117 Å². The van der Waals surface area contributed by atoms with E-state index in [4.69, 9.17) is 20.4 Å². The van der Waals surface area contributed by atoms with Crippen molar-refractivity contribution < 1.29 is 19.5 Å². The van der Waals surface area contributed by atoms with Crippen molar-refractivity contribution in [1.29, 1.82) is 0 Å². The highest BCUT2D eigenvalue weighted by Gasteiger charge is 2.33. The lowest BCUT2D eigenvalue weighted by atomic mass is 9.91. The maximum atomic E-state index is 12.2. The van der Waals surface area contributed by atoms with Gasteiger partial charge in [-0.2, -0.15) is 0 Å². The van der Waals surface area contributed by atoms with Gasteiger partial charge in [-0.15, -0.1) is 0 Å². The van der Waals surface area contributed by atoms with Gasteiger partial charge in [-0.1, -0.05) is 5.16 Å². The van der Waals surface area contributed by atoms with E-state index in [9.17, 15) is 4.79 Å². The summed E-state index contributed by atoms with van der Waals surface area (Å²) in [7, 11) is 3.02. The van der Waals surface area contributed by atoms with Crippen LogP contribution in [0.3, 0.4) is 0 Å². The van der Waals surface area contributed by atoms with Crippen LogP contribution in [0.25, 0.3) is 0 Å². The summed E-state index contributed by atoms with van der Waals surface area (Å²) in [5.74, 6) is 0.460. The average molecular weight is 281 g/mol. The molecule has 0 radical (unpaired) electrons. The monoisotopic (exact) mass is 281 g/mol. The smallest absolute Gasteiger partial charge is 0.237 e. The van der Waals surface area contributed by atoms with E-state index in [-0.39, 0.29) is 5.84 Å². The Bertz CT molecular complexity index is 526. The molecule has 0 atom stereocenters. The first-order valence-electron chi connectivity index (χ1n) is 5.88. The lowest BCUT2D eigenvalue weighted by Crippen LogP contribution is -2.42. The van der Waals surface area contributed by atoms with Gasteiger partial charge in [0.25, 0.3) is 0 Å². The van der Waals surface area contributed by atoms with Crippen LogP contribution < -0.4 is 20.5 Å². The van der Waals surface area contributed by atoms with Gasteiger partial charge in [-0.05, 0) is 26.0 Å². The van der Waals surface area contributed by atoms with Crippen LogP contribution in [0, 0.1) is 5.41 Å². The van der Waals surface area contributed by atoms with Crippen molar-refractivity contribution in [3.63, 3.8) is 0 Å². The van der Waals surface area contributed by atoms with E-state index in [1.807, 2.05) is 0 Å². The van der Waals surface area contributed by atoms with Gasteiger partial charge in [-0.3, -0.25) is 4.79 Å². The average Bonchev–Trinajstić information content (AvgIpc) is 2.46. The van der Waals surface area contributed by atoms with E-state index in [0.29, 0.717) is 17.2 Å². The topological polar surface area (TPSA) is 106 Å². The number of nitrogens with zero attached hydrogens (tertiary/aromatic N) is 1. The molecule has 20 heavy (non-hydrogen) atoms. The van der Waals surface area contributed by atoms with E-state index in [1.54, 1.807) is 32.0 Å². The van der Waals surface area contributed by atoms with Gasteiger partial charge in [0, 0.05) is 6.07 Å². The van der Waals surface area contributed by atoms with E-state index in [2.05, 4.69) is 10.5 Å². The van der Waals surface area contributed by atoms with Crippen LogP contribution in [0.4, 0.5) is 5.69 Å². The minimum absolute atomic E-state index is 0.178.